The molecule has 3 amide bonds. The summed E-state index contributed by atoms with van der Waals surface area (Å²) in [4.78, 5) is 63.0. The van der Waals surface area contributed by atoms with Gasteiger partial charge in [0.1, 0.15) is 6.54 Å². The van der Waals surface area contributed by atoms with Crippen LogP contribution in [0.1, 0.15) is 28.8 Å². The summed E-state index contributed by atoms with van der Waals surface area (Å²) in [5.74, 6) is -1.34. The lowest BCUT2D eigenvalue weighted by Crippen LogP contribution is -2.40. The van der Waals surface area contributed by atoms with Crippen molar-refractivity contribution >= 4 is 46.5 Å². The van der Waals surface area contributed by atoms with Crippen LogP contribution in [-0.4, -0.2) is 71.6 Å². The molecule has 4 rings (SSSR count). The first-order chi connectivity index (χ1) is 18.2. The first-order valence-electron chi connectivity index (χ1n) is 11.5. The van der Waals surface area contributed by atoms with Crippen LogP contribution in [0.15, 0.2) is 41.3 Å². The minimum Gasteiger partial charge on any atom is -0.493 e. The van der Waals surface area contributed by atoms with Gasteiger partial charge in [0.05, 0.1) is 29.6 Å². The zero-order valence-electron chi connectivity index (χ0n) is 20.5. The fraction of sp³-hybridized carbons (Fsp3) is 0.280. The van der Waals surface area contributed by atoms with Gasteiger partial charge in [-0.2, -0.15) is 0 Å². The van der Waals surface area contributed by atoms with Gasteiger partial charge in [-0.05, 0) is 60.5 Å². The Balaban J connectivity index is 1.54. The number of thioether (sulfide) groups is 1. The summed E-state index contributed by atoms with van der Waals surface area (Å²) in [6.45, 7) is 0.945. The van der Waals surface area contributed by atoms with E-state index in [-0.39, 0.29) is 40.2 Å². The number of methoxy groups -OCH3 is 2. The number of imide groups is 1. The van der Waals surface area contributed by atoms with Crippen LogP contribution in [0.4, 0.5) is 10.5 Å². The third-order valence-corrected chi connectivity index (χ3v) is 6.82. The maximum absolute atomic E-state index is 12.8. The Hall–Kier alpha value is -4.39. The number of nitrogens with zero attached hydrogens (tertiary/aromatic N) is 3. The summed E-state index contributed by atoms with van der Waals surface area (Å²) in [7, 11) is 2.54. The summed E-state index contributed by atoms with van der Waals surface area (Å²) >= 11 is 0.735. The van der Waals surface area contributed by atoms with E-state index in [1.54, 1.807) is 11.0 Å². The Kier molecular flexibility index (Phi) is 7.96. The fourth-order valence-electron chi connectivity index (χ4n) is 3.96. The predicted octanol–water partition coefficient (Wildman–Crippen LogP) is 3.84. The van der Waals surface area contributed by atoms with E-state index in [0.29, 0.717) is 18.7 Å². The van der Waals surface area contributed by atoms with Crippen molar-refractivity contribution in [1.82, 2.24) is 9.80 Å². The number of amides is 3. The van der Waals surface area contributed by atoms with Crippen LogP contribution in [0.25, 0.3) is 6.08 Å². The average molecular weight is 542 g/mol. The third kappa shape index (κ3) is 5.62. The Morgan fingerprint density at radius 3 is 2.42 bits per heavy atom. The molecule has 0 radical (unpaired) electrons. The van der Waals surface area contributed by atoms with Crippen molar-refractivity contribution in [3.63, 3.8) is 0 Å². The van der Waals surface area contributed by atoms with Crippen molar-refractivity contribution in [3.8, 4) is 17.2 Å². The number of benzene rings is 2. The van der Waals surface area contributed by atoms with Crippen LogP contribution in [-0.2, 0) is 14.3 Å². The monoisotopic (exact) mass is 541 g/mol. The first kappa shape index (κ1) is 26.7. The Labute approximate surface area is 221 Å². The molecule has 0 saturated carbocycles. The van der Waals surface area contributed by atoms with Gasteiger partial charge in [0.25, 0.3) is 11.1 Å². The Morgan fingerprint density at radius 2 is 1.76 bits per heavy atom. The van der Waals surface area contributed by atoms with Gasteiger partial charge < -0.3 is 19.1 Å². The average Bonchev–Trinajstić information content (AvgIpc) is 3.54. The van der Waals surface area contributed by atoms with Crippen molar-refractivity contribution in [3.05, 3.63) is 62.5 Å². The number of hydrogen-bond donors (Lipinski definition) is 0. The summed E-state index contributed by atoms with van der Waals surface area (Å²) < 4.78 is 15.7. The van der Waals surface area contributed by atoms with Gasteiger partial charge in [0.15, 0.2) is 11.5 Å². The van der Waals surface area contributed by atoms with E-state index in [1.807, 2.05) is 0 Å². The molecule has 0 bridgehead atoms. The van der Waals surface area contributed by atoms with Crippen LogP contribution in [0.3, 0.4) is 0 Å². The largest absolute Gasteiger partial charge is 0.493 e. The molecule has 2 fully saturated rings. The van der Waals surface area contributed by atoms with E-state index in [4.69, 9.17) is 9.47 Å². The maximum Gasteiger partial charge on any atom is 0.338 e. The molecule has 0 atom stereocenters. The molecular formula is C25H23N3O9S. The van der Waals surface area contributed by atoms with Crippen molar-refractivity contribution in [2.45, 2.75) is 12.8 Å². The van der Waals surface area contributed by atoms with E-state index < -0.39 is 27.7 Å². The maximum atomic E-state index is 12.8. The topological polar surface area (TPSA) is 146 Å². The molecule has 0 aromatic heterocycles. The second-order valence-electron chi connectivity index (χ2n) is 8.30. The van der Waals surface area contributed by atoms with Gasteiger partial charge in [-0.15, -0.1) is 0 Å². The van der Waals surface area contributed by atoms with Gasteiger partial charge in [0.2, 0.25) is 11.7 Å². The molecule has 38 heavy (non-hydrogen) atoms. The van der Waals surface area contributed by atoms with Crippen LogP contribution in [0, 0.1) is 10.1 Å². The lowest BCUT2D eigenvalue weighted by Gasteiger charge is -2.18. The highest BCUT2D eigenvalue weighted by molar-refractivity contribution is 8.18. The Bertz CT molecular complexity index is 1350. The molecule has 198 valence electrons. The Morgan fingerprint density at radius 1 is 1.05 bits per heavy atom. The number of carbonyl (C=O) groups is 4. The van der Waals surface area contributed by atoms with Crippen molar-refractivity contribution in [1.29, 1.82) is 0 Å². The lowest BCUT2D eigenvalue weighted by atomic mass is 10.1. The summed E-state index contributed by atoms with van der Waals surface area (Å²) in [6, 6.07) is 8.26. The van der Waals surface area contributed by atoms with Crippen LogP contribution in [0.5, 0.6) is 17.2 Å². The molecule has 2 aliphatic rings. The number of esters is 1. The van der Waals surface area contributed by atoms with Crippen LogP contribution in [0.2, 0.25) is 0 Å². The SMILES string of the molecule is COC(=O)c1ccc(Oc2ccc(/C=C3\SC(=O)N(CC(=O)N4CCCC4)C3=O)cc2OC)c([N+](=O)[O-])c1. The number of carbonyl (C=O) groups excluding carboxylic acids is 4. The quantitative estimate of drug-likeness (QED) is 0.209. The number of rotatable bonds is 8. The number of nitro benzene ring substituents is 1. The third-order valence-electron chi connectivity index (χ3n) is 5.91. The summed E-state index contributed by atoms with van der Waals surface area (Å²) in [5, 5.41) is 11.0. The van der Waals surface area contributed by atoms with Crippen molar-refractivity contribution in [2.75, 3.05) is 33.9 Å². The van der Waals surface area contributed by atoms with Gasteiger partial charge in [-0.1, -0.05) is 6.07 Å². The zero-order chi connectivity index (χ0) is 27.4. The van der Waals surface area contributed by atoms with Gasteiger partial charge >= 0.3 is 11.7 Å². The minimum atomic E-state index is -0.730. The molecular weight excluding hydrogens is 518 g/mol. The normalized spacial score (nSPS) is 16.2. The van der Waals surface area contributed by atoms with Crippen molar-refractivity contribution in [2.24, 2.45) is 0 Å². The first-order valence-corrected chi connectivity index (χ1v) is 12.3. The molecule has 13 heteroatoms. The molecule has 0 unspecified atom stereocenters. The molecule has 0 spiro atoms. The highest BCUT2D eigenvalue weighted by Gasteiger charge is 2.37. The summed E-state index contributed by atoms with van der Waals surface area (Å²) in [6.07, 6.45) is 3.30. The van der Waals surface area contributed by atoms with Crippen LogP contribution >= 0.6 is 11.8 Å². The van der Waals surface area contributed by atoms with Crippen molar-refractivity contribution < 1.29 is 38.3 Å². The molecule has 12 nitrogen and oxygen atoms in total. The zero-order valence-corrected chi connectivity index (χ0v) is 21.3. The van der Waals surface area contributed by atoms with E-state index >= 15 is 0 Å². The highest BCUT2D eigenvalue weighted by atomic mass is 32.2. The highest BCUT2D eigenvalue weighted by Crippen LogP contribution is 2.39. The van der Waals surface area contributed by atoms with Gasteiger partial charge in [0, 0.05) is 19.2 Å². The molecule has 2 aromatic rings. The van der Waals surface area contributed by atoms with E-state index in [1.165, 1.54) is 44.6 Å². The van der Waals surface area contributed by atoms with E-state index in [9.17, 15) is 29.3 Å². The number of ether oxygens (including phenoxy) is 3. The lowest BCUT2D eigenvalue weighted by molar-refractivity contribution is -0.385. The smallest absolute Gasteiger partial charge is 0.338 e. The molecule has 2 aliphatic heterocycles. The number of nitro groups is 1. The molecule has 2 aromatic carbocycles. The number of hydrogen-bond acceptors (Lipinski definition) is 10. The standard InChI is InChI=1S/C25H23N3O9S/c1-35-20-11-15(12-21-23(30)27(25(32)38-21)14-22(29)26-9-3-4-10-26)5-7-19(20)37-18-8-6-16(24(31)36-2)13-17(18)28(33)34/h5-8,11-13H,3-4,9-10,14H2,1-2H3/b21-12-. The number of likely N-dealkylation sites (tertiary alicyclic amines) is 1. The second-order valence-corrected chi connectivity index (χ2v) is 9.29. The molecule has 2 saturated heterocycles. The fourth-order valence-corrected chi connectivity index (χ4v) is 4.80. The molecule has 0 aliphatic carbocycles. The second kappa shape index (κ2) is 11.3. The predicted molar refractivity (Wildman–Crippen MR) is 136 cm³/mol. The molecule has 2 heterocycles. The van der Waals surface area contributed by atoms with Gasteiger partial charge in [-0.25, -0.2) is 4.79 Å². The van der Waals surface area contributed by atoms with Gasteiger partial charge in [-0.3, -0.25) is 29.4 Å². The minimum absolute atomic E-state index is 0.00932. The molecule has 0 N–H and O–H groups in total. The summed E-state index contributed by atoms with van der Waals surface area (Å²) in [5.41, 5.74) is 0.0437. The van der Waals surface area contributed by atoms with E-state index in [2.05, 4.69) is 4.74 Å². The van der Waals surface area contributed by atoms with E-state index in [0.717, 1.165) is 35.6 Å². The van der Waals surface area contributed by atoms with Crippen LogP contribution < -0.4 is 9.47 Å².